The van der Waals surface area contributed by atoms with Crippen molar-refractivity contribution in [1.29, 1.82) is 0 Å². The fourth-order valence-corrected chi connectivity index (χ4v) is 1.18. The topological polar surface area (TPSA) is 38.3 Å². The Labute approximate surface area is 96.8 Å². The maximum atomic E-state index is 11.6. The van der Waals surface area contributed by atoms with Gasteiger partial charge in [-0.05, 0) is 39.3 Å². The van der Waals surface area contributed by atoms with Crippen LogP contribution < -0.4 is 5.32 Å². The molecule has 0 fully saturated rings. The van der Waals surface area contributed by atoms with Crippen LogP contribution in [0.25, 0.3) is 0 Å². The monoisotopic (exact) mass is 221 g/mol. The molecule has 1 rings (SSSR count). The first-order valence-corrected chi connectivity index (χ1v) is 5.38. The van der Waals surface area contributed by atoms with Gasteiger partial charge in [-0.2, -0.15) is 0 Å². The first-order valence-electron chi connectivity index (χ1n) is 5.38. The van der Waals surface area contributed by atoms with E-state index in [2.05, 4.69) is 5.32 Å². The number of carbonyl (C=O) groups excluding carboxylic acids is 1. The summed E-state index contributed by atoms with van der Waals surface area (Å²) in [5.74, 6) is -0.121. The van der Waals surface area contributed by atoms with E-state index in [4.69, 9.17) is 4.74 Å². The maximum Gasteiger partial charge on any atom is 0.250 e. The average molecular weight is 221 g/mol. The van der Waals surface area contributed by atoms with Crippen LogP contribution in [0.3, 0.4) is 0 Å². The van der Waals surface area contributed by atoms with Crippen molar-refractivity contribution in [2.24, 2.45) is 0 Å². The second kappa shape index (κ2) is 5.12. The number of benzene rings is 1. The van der Waals surface area contributed by atoms with Gasteiger partial charge >= 0.3 is 0 Å². The van der Waals surface area contributed by atoms with Gasteiger partial charge in [-0.25, -0.2) is 0 Å². The Bertz CT molecular complexity index is 366. The molecule has 0 unspecified atom stereocenters. The predicted octanol–water partition coefficient (Wildman–Crippen LogP) is 2.75. The van der Waals surface area contributed by atoms with E-state index in [-0.39, 0.29) is 18.1 Å². The Morgan fingerprint density at radius 3 is 2.50 bits per heavy atom. The first-order chi connectivity index (χ1) is 7.38. The Kier molecular flexibility index (Phi) is 4.07. The normalized spacial score (nSPS) is 11.2. The number of amides is 1. The van der Waals surface area contributed by atoms with Gasteiger partial charge in [0.1, 0.15) is 6.61 Å². The van der Waals surface area contributed by atoms with Gasteiger partial charge in [-0.15, -0.1) is 0 Å². The lowest BCUT2D eigenvalue weighted by atomic mass is 10.2. The summed E-state index contributed by atoms with van der Waals surface area (Å²) in [6.07, 6.45) is 0. The van der Waals surface area contributed by atoms with Crippen molar-refractivity contribution in [2.75, 3.05) is 11.9 Å². The van der Waals surface area contributed by atoms with Crippen molar-refractivity contribution in [2.45, 2.75) is 33.3 Å². The molecule has 1 amide bonds. The molecule has 0 heterocycles. The minimum absolute atomic E-state index is 0.0812. The van der Waals surface area contributed by atoms with Crippen LogP contribution in [0.4, 0.5) is 5.69 Å². The second-order valence-electron chi connectivity index (χ2n) is 4.76. The molecule has 0 atom stereocenters. The number of hydrogen-bond donors (Lipinski definition) is 1. The van der Waals surface area contributed by atoms with Crippen LogP contribution in [0.1, 0.15) is 26.3 Å². The van der Waals surface area contributed by atoms with Crippen LogP contribution in [0.15, 0.2) is 24.3 Å². The van der Waals surface area contributed by atoms with E-state index in [1.54, 1.807) is 0 Å². The Morgan fingerprint density at radius 1 is 1.31 bits per heavy atom. The van der Waals surface area contributed by atoms with Crippen molar-refractivity contribution in [3.63, 3.8) is 0 Å². The van der Waals surface area contributed by atoms with Gasteiger partial charge in [0.15, 0.2) is 0 Å². The van der Waals surface area contributed by atoms with E-state index in [9.17, 15) is 4.79 Å². The van der Waals surface area contributed by atoms with Gasteiger partial charge in [0.25, 0.3) is 0 Å². The van der Waals surface area contributed by atoms with Gasteiger partial charge in [-0.3, -0.25) is 4.79 Å². The molecular weight excluding hydrogens is 202 g/mol. The highest BCUT2D eigenvalue weighted by molar-refractivity contribution is 5.92. The quantitative estimate of drug-likeness (QED) is 0.852. The molecule has 0 spiro atoms. The van der Waals surface area contributed by atoms with Crippen LogP contribution >= 0.6 is 0 Å². The van der Waals surface area contributed by atoms with Gasteiger partial charge in [0.2, 0.25) is 5.91 Å². The summed E-state index contributed by atoms with van der Waals surface area (Å²) in [5.41, 5.74) is 1.60. The SMILES string of the molecule is Cc1ccccc1NC(=O)COC(C)(C)C. The standard InChI is InChI=1S/C13H19NO2/c1-10-7-5-6-8-11(10)14-12(15)9-16-13(2,3)4/h5-8H,9H2,1-4H3,(H,14,15). The molecule has 0 radical (unpaired) electrons. The minimum Gasteiger partial charge on any atom is -0.366 e. The second-order valence-corrected chi connectivity index (χ2v) is 4.76. The molecule has 1 N–H and O–H groups in total. The Morgan fingerprint density at radius 2 is 1.94 bits per heavy atom. The van der Waals surface area contributed by atoms with E-state index in [0.29, 0.717) is 0 Å². The molecule has 16 heavy (non-hydrogen) atoms. The number of anilines is 1. The number of para-hydroxylation sites is 1. The Balaban J connectivity index is 2.50. The maximum absolute atomic E-state index is 11.6. The van der Waals surface area contributed by atoms with Crippen molar-refractivity contribution >= 4 is 11.6 Å². The molecule has 0 saturated heterocycles. The van der Waals surface area contributed by atoms with Crippen molar-refractivity contribution in [3.8, 4) is 0 Å². The zero-order valence-electron chi connectivity index (χ0n) is 10.3. The number of hydrogen-bond acceptors (Lipinski definition) is 2. The number of ether oxygens (including phenoxy) is 1. The summed E-state index contributed by atoms with van der Waals surface area (Å²) in [6, 6.07) is 7.68. The van der Waals surface area contributed by atoms with E-state index in [1.165, 1.54) is 0 Å². The zero-order valence-corrected chi connectivity index (χ0v) is 10.3. The lowest BCUT2D eigenvalue weighted by molar-refractivity contribution is -0.125. The van der Waals surface area contributed by atoms with Crippen LogP contribution in [-0.2, 0) is 9.53 Å². The third-order valence-electron chi connectivity index (χ3n) is 2.06. The summed E-state index contributed by atoms with van der Waals surface area (Å²) < 4.78 is 5.39. The molecule has 3 heteroatoms. The van der Waals surface area contributed by atoms with E-state index >= 15 is 0 Å². The third-order valence-corrected chi connectivity index (χ3v) is 2.06. The molecule has 0 aliphatic carbocycles. The summed E-state index contributed by atoms with van der Waals surface area (Å²) in [4.78, 5) is 11.6. The molecule has 1 aromatic carbocycles. The Hall–Kier alpha value is -1.35. The highest BCUT2D eigenvalue weighted by atomic mass is 16.5. The fourth-order valence-electron chi connectivity index (χ4n) is 1.18. The molecule has 3 nitrogen and oxygen atoms in total. The molecule has 0 aliphatic heterocycles. The number of rotatable bonds is 3. The fraction of sp³-hybridized carbons (Fsp3) is 0.462. The summed E-state index contributed by atoms with van der Waals surface area (Å²) >= 11 is 0. The van der Waals surface area contributed by atoms with Crippen LogP contribution in [-0.4, -0.2) is 18.1 Å². The van der Waals surface area contributed by atoms with Crippen LogP contribution in [0.2, 0.25) is 0 Å². The largest absolute Gasteiger partial charge is 0.366 e. The average Bonchev–Trinajstić information content (AvgIpc) is 2.18. The molecular formula is C13H19NO2. The third kappa shape index (κ3) is 4.45. The molecule has 88 valence electrons. The van der Waals surface area contributed by atoms with E-state index < -0.39 is 0 Å². The van der Waals surface area contributed by atoms with Gasteiger partial charge in [-0.1, -0.05) is 18.2 Å². The molecule has 0 aliphatic rings. The highest BCUT2D eigenvalue weighted by Crippen LogP contribution is 2.13. The van der Waals surface area contributed by atoms with Gasteiger partial charge < -0.3 is 10.1 Å². The van der Waals surface area contributed by atoms with Crippen molar-refractivity contribution in [3.05, 3.63) is 29.8 Å². The summed E-state index contributed by atoms with van der Waals surface area (Å²) in [6.45, 7) is 7.81. The first kappa shape index (κ1) is 12.7. The van der Waals surface area contributed by atoms with Gasteiger partial charge in [0.05, 0.1) is 5.60 Å². The zero-order chi connectivity index (χ0) is 12.2. The number of carbonyl (C=O) groups is 1. The molecule has 0 saturated carbocycles. The van der Waals surface area contributed by atoms with Crippen molar-refractivity contribution < 1.29 is 9.53 Å². The number of nitrogens with one attached hydrogen (secondary N) is 1. The van der Waals surface area contributed by atoms with E-state index in [0.717, 1.165) is 11.3 Å². The van der Waals surface area contributed by atoms with E-state index in [1.807, 2.05) is 52.0 Å². The molecule has 1 aromatic rings. The van der Waals surface area contributed by atoms with Crippen molar-refractivity contribution in [1.82, 2.24) is 0 Å². The summed E-state index contributed by atoms with van der Waals surface area (Å²) in [5, 5.41) is 2.82. The smallest absolute Gasteiger partial charge is 0.250 e. The molecule has 0 bridgehead atoms. The lowest BCUT2D eigenvalue weighted by Crippen LogP contribution is -2.27. The number of aryl methyl sites for hydroxylation is 1. The highest BCUT2D eigenvalue weighted by Gasteiger charge is 2.13. The van der Waals surface area contributed by atoms with Crippen LogP contribution in [0, 0.1) is 6.92 Å². The minimum atomic E-state index is -0.289. The lowest BCUT2D eigenvalue weighted by Gasteiger charge is -2.19. The van der Waals surface area contributed by atoms with Gasteiger partial charge in [0, 0.05) is 5.69 Å². The summed E-state index contributed by atoms with van der Waals surface area (Å²) in [7, 11) is 0. The molecule has 0 aromatic heterocycles. The van der Waals surface area contributed by atoms with Crippen LogP contribution in [0.5, 0.6) is 0 Å². The predicted molar refractivity (Wildman–Crippen MR) is 65.5 cm³/mol.